The van der Waals surface area contributed by atoms with Crippen LogP contribution in [0.3, 0.4) is 0 Å². The van der Waals surface area contributed by atoms with Crippen LogP contribution in [0, 0.1) is 16.7 Å². The van der Waals surface area contributed by atoms with E-state index < -0.39 is 17.7 Å². The SMILES string of the molecule is CC1=C(C(O)c2c(OCc3ccccc3)cc(C(=O)OC(C)(C)C)cc2OCc2ccccc2)[C@@]2(C)CC[C@@H](OCc3ccccc3)C(C)(C)[C@@H]2CC1. The molecule has 6 nitrogen and oxygen atoms in total. The lowest BCUT2D eigenvalue weighted by Gasteiger charge is -2.58. The number of esters is 1. The normalized spacial score (nSPS) is 21.7. The predicted octanol–water partition coefficient (Wildman–Crippen LogP) is 11.0. The fourth-order valence-electron chi connectivity index (χ4n) is 8.81. The van der Waals surface area contributed by atoms with Gasteiger partial charge in [0.1, 0.15) is 36.4 Å². The van der Waals surface area contributed by atoms with Crippen LogP contribution < -0.4 is 9.47 Å². The monoisotopic (exact) mass is 716 g/mol. The van der Waals surface area contributed by atoms with Gasteiger partial charge in [-0.25, -0.2) is 4.79 Å². The number of rotatable bonds is 12. The summed E-state index contributed by atoms with van der Waals surface area (Å²) in [5, 5.41) is 12.9. The minimum absolute atomic E-state index is 0.0835. The number of hydrogen-bond acceptors (Lipinski definition) is 6. The molecule has 1 unspecified atom stereocenters. The van der Waals surface area contributed by atoms with Crippen LogP contribution in [0.5, 0.6) is 11.5 Å². The van der Waals surface area contributed by atoms with E-state index in [0.29, 0.717) is 29.2 Å². The van der Waals surface area contributed by atoms with Gasteiger partial charge in [0.05, 0.1) is 23.8 Å². The van der Waals surface area contributed by atoms with Crippen molar-refractivity contribution in [2.75, 3.05) is 0 Å². The molecule has 4 aromatic rings. The van der Waals surface area contributed by atoms with Gasteiger partial charge in [0, 0.05) is 0 Å². The number of fused-ring (bicyclic) bond motifs is 1. The number of benzene rings is 4. The Morgan fingerprint density at radius 2 is 1.26 bits per heavy atom. The number of carbonyl (C=O) groups is 1. The highest BCUT2D eigenvalue weighted by Gasteiger charge is 2.56. The first-order valence-corrected chi connectivity index (χ1v) is 19.0. The van der Waals surface area contributed by atoms with Crippen LogP contribution in [-0.2, 0) is 29.3 Å². The molecule has 0 heterocycles. The second-order valence-corrected chi connectivity index (χ2v) is 16.7. The second-order valence-electron chi connectivity index (χ2n) is 16.7. The van der Waals surface area contributed by atoms with Gasteiger partial charge < -0.3 is 24.1 Å². The minimum Gasteiger partial charge on any atom is -0.488 e. The number of aliphatic hydroxyl groups is 1. The van der Waals surface area contributed by atoms with Crippen molar-refractivity contribution in [3.05, 3.63) is 142 Å². The van der Waals surface area contributed by atoms with Gasteiger partial charge in [0.25, 0.3) is 0 Å². The van der Waals surface area contributed by atoms with E-state index in [4.69, 9.17) is 18.9 Å². The maximum Gasteiger partial charge on any atom is 0.338 e. The van der Waals surface area contributed by atoms with Crippen molar-refractivity contribution in [3.63, 3.8) is 0 Å². The summed E-state index contributed by atoms with van der Waals surface area (Å²) in [6.45, 7) is 15.8. The fourth-order valence-corrected chi connectivity index (χ4v) is 8.81. The zero-order chi connectivity index (χ0) is 37.8. The largest absolute Gasteiger partial charge is 0.488 e. The summed E-state index contributed by atoms with van der Waals surface area (Å²) in [6, 6.07) is 33.6. The first kappa shape index (κ1) is 38.3. The van der Waals surface area contributed by atoms with Crippen molar-refractivity contribution in [1.82, 2.24) is 0 Å². The third kappa shape index (κ3) is 8.71. The van der Waals surface area contributed by atoms with E-state index in [9.17, 15) is 9.90 Å². The van der Waals surface area contributed by atoms with Gasteiger partial charge in [-0.3, -0.25) is 0 Å². The summed E-state index contributed by atoms with van der Waals surface area (Å²) in [5.41, 5.74) is 5.00. The van der Waals surface area contributed by atoms with Crippen LogP contribution in [0.15, 0.2) is 114 Å². The number of allylic oxidation sites excluding steroid dienone is 1. The predicted molar refractivity (Wildman–Crippen MR) is 210 cm³/mol. The second kappa shape index (κ2) is 15.9. The van der Waals surface area contributed by atoms with Crippen LogP contribution in [0.4, 0.5) is 0 Å². The summed E-state index contributed by atoms with van der Waals surface area (Å²) in [5.74, 6) is 0.584. The molecule has 280 valence electrons. The van der Waals surface area contributed by atoms with E-state index in [2.05, 4.69) is 52.0 Å². The minimum atomic E-state index is -1.04. The van der Waals surface area contributed by atoms with Gasteiger partial charge in [-0.2, -0.15) is 0 Å². The van der Waals surface area contributed by atoms with E-state index in [1.807, 2.05) is 87.5 Å². The van der Waals surface area contributed by atoms with Gasteiger partial charge in [-0.1, -0.05) is 117 Å². The Morgan fingerprint density at radius 3 is 1.75 bits per heavy atom. The number of aliphatic hydroxyl groups excluding tert-OH is 1. The molecule has 2 aliphatic rings. The van der Waals surface area contributed by atoms with Crippen molar-refractivity contribution in [3.8, 4) is 11.5 Å². The molecule has 1 N–H and O–H groups in total. The van der Waals surface area contributed by atoms with E-state index in [0.717, 1.165) is 42.4 Å². The van der Waals surface area contributed by atoms with Gasteiger partial charge in [-0.05, 0) is 105 Å². The molecule has 0 aliphatic heterocycles. The smallest absolute Gasteiger partial charge is 0.338 e. The fraction of sp³-hybridized carbons (Fsp3) is 0.426. The lowest BCUT2D eigenvalue weighted by Crippen LogP contribution is -2.53. The zero-order valence-corrected chi connectivity index (χ0v) is 32.5. The molecule has 4 aromatic carbocycles. The average Bonchev–Trinajstić information content (AvgIpc) is 3.12. The number of hydrogen-bond donors (Lipinski definition) is 1. The Kier molecular flexibility index (Phi) is 11.5. The Hall–Kier alpha value is -4.39. The van der Waals surface area contributed by atoms with E-state index in [-0.39, 0.29) is 36.1 Å². The van der Waals surface area contributed by atoms with Crippen molar-refractivity contribution >= 4 is 5.97 Å². The molecular formula is C47H56O6. The molecule has 4 atom stereocenters. The van der Waals surface area contributed by atoms with Crippen molar-refractivity contribution in [1.29, 1.82) is 0 Å². The Morgan fingerprint density at radius 1 is 0.774 bits per heavy atom. The Bertz CT molecular complexity index is 1810. The van der Waals surface area contributed by atoms with E-state index >= 15 is 0 Å². The summed E-state index contributed by atoms with van der Waals surface area (Å²) < 4.78 is 25.7. The first-order valence-electron chi connectivity index (χ1n) is 19.0. The lowest BCUT2D eigenvalue weighted by atomic mass is 9.48. The molecule has 0 bridgehead atoms. The zero-order valence-electron chi connectivity index (χ0n) is 32.5. The molecular weight excluding hydrogens is 661 g/mol. The molecule has 53 heavy (non-hydrogen) atoms. The first-order chi connectivity index (χ1) is 25.3. The molecule has 0 spiro atoms. The molecule has 1 saturated carbocycles. The van der Waals surface area contributed by atoms with E-state index in [1.165, 1.54) is 11.1 Å². The molecule has 2 aliphatic carbocycles. The van der Waals surface area contributed by atoms with Gasteiger partial charge in [-0.15, -0.1) is 0 Å². The highest BCUT2D eigenvalue weighted by molar-refractivity contribution is 5.91. The summed E-state index contributed by atoms with van der Waals surface area (Å²) in [4.78, 5) is 13.6. The maximum atomic E-state index is 13.6. The van der Waals surface area contributed by atoms with Crippen molar-refractivity contribution in [2.24, 2.45) is 16.7 Å². The van der Waals surface area contributed by atoms with E-state index in [1.54, 1.807) is 12.1 Å². The number of carbonyl (C=O) groups excluding carboxylic acids is 1. The van der Waals surface area contributed by atoms with Crippen LogP contribution in [0.1, 0.15) is 113 Å². The highest BCUT2D eigenvalue weighted by Crippen LogP contribution is 2.63. The Balaban J connectivity index is 1.41. The molecule has 0 saturated heterocycles. The summed E-state index contributed by atoms with van der Waals surface area (Å²) in [6.07, 6.45) is 2.69. The average molecular weight is 717 g/mol. The van der Waals surface area contributed by atoms with Crippen molar-refractivity contribution < 1.29 is 28.8 Å². The van der Waals surface area contributed by atoms with Crippen molar-refractivity contribution in [2.45, 2.75) is 112 Å². The summed E-state index contributed by atoms with van der Waals surface area (Å²) in [7, 11) is 0. The third-order valence-corrected chi connectivity index (χ3v) is 11.4. The number of ether oxygens (including phenoxy) is 4. The quantitative estimate of drug-likeness (QED) is 0.116. The molecule has 1 fully saturated rings. The molecule has 0 amide bonds. The van der Waals surface area contributed by atoms with Gasteiger partial charge >= 0.3 is 5.97 Å². The molecule has 6 rings (SSSR count). The van der Waals surface area contributed by atoms with Crippen LogP contribution in [0.2, 0.25) is 0 Å². The molecule has 0 aromatic heterocycles. The third-order valence-electron chi connectivity index (χ3n) is 11.4. The van der Waals surface area contributed by atoms with Crippen LogP contribution in [0.25, 0.3) is 0 Å². The van der Waals surface area contributed by atoms with Gasteiger partial charge in [0.2, 0.25) is 0 Å². The Labute approximate surface area is 316 Å². The van der Waals surface area contributed by atoms with Crippen LogP contribution in [-0.4, -0.2) is 22.8 Å². The lowest BCUT2D eigenvalue weighted by molar-refractivity contribution is -0.131. The van der Waals surface area contributed by atoms with Crippen LogP contribution >= 0.6 is 0 Å². The molecule has 0 radical (unpaired) electrons. The maximum absolute atomic E-state index is 13.6. The molecule has 6 heteroatoms. The van der Waals surface area contributed by atoms with Gasteiger partial charge in [0.15, 0.2) is 0 Å². The summed E-state index contributed by atoms with van der Waals surface area (Å²) >= 11 is 0. The topological polar surface area (TPSA) is 74.2 Å². The standard InChI is InChI=1S/C47H56O6/c1-32-23-24-39-46(5,6)40(52-31-35-21-15-10-16-22-35)25-26-47(39,7)42(32)43(48)41-37(50-29-33-17-11-8-12-18-33)27-36(44(49)53-45(2,3)4)28-38(41)51-30-34-19-13-9-14-20-34/h8-22,27-28,39-40,43,48H,23-26,29-31H2,1-7H3/t39-,40+,43?,47-/m0/s1. The highest BCUT2D eigenvalue weighted by atomic mass is 16.6.